The molecule has 0 aliphatic rings. The molecule has 2 rings (SSSR count). The minimum atomic E-state index is 0. The van der Waals surface area contributed by atoms with E-state index in [9.17, 15) is 0 Å². The van der Waals surface area contributed by atoms with Crippen molar-refractivity contribution in [2.45, 2.75) is 26.5 Å². The Morgan fingerprint density at radius 1 is 1.00 bits per heavy atom. The molecule has 0 aliphatic heterocycles. The van der Waals surface area contributed by atoms with Crippen LogP contribution in [-0.4, -0.2) is 32.8 Å². The Morgan fingerprint density at radius 3 is 2.19 bits per heavy atom. The van der Waals surface area contributed by atoms with E-state index >= 15 is 0 Å². The first kappa shape index (κ1) is 22.1. The molecule has 0 spiro atoms. The summed E-state index contributed by atoms with van der Waals surface area (Å²) < 4.78 is 11.1. The minimum absolute atomic E-state index is 0. The predicted octanol–water partition coefficient (Wildman–Crippen LogP) is 3.75. The maximum atomic E-state index is 5.89. The quantitative estimate of drug-likeness (QED) is 0.369. The Hall–Kier alpha value is -1.96. The zero-order valence-electron chi connectivity index (χ0n) is 15.8. The van der Waals surface area contributed by atoms with Gasteiger partial charge in [0.05, 0.1) is 13.7 Å². The molecule has 0 saturated heterocycles. The van der Waals surface area contributed by atoms with Crippen LogP contribution >= 0.6 is 24.0 Å². The van der Waals surface area contributed by atoms with Gasteiger partial charge in [-0.1, -0.05) is 29.8 Å². The fourth-order valence-corrected chi connectivity index (χ4v) is 2.28. The molecule has 5 nitrogen and oxygen atoms in total. The van der Waals surface area contributed by atoms with Crippen molar-refractivity contribution in [1.29, 1.82) is 0 Å². The molecule has 26 heavy (non-hydrogen) atoms. The first-order valence-corrected chi connectivity index (χ1v) is 8.41. The van der Waals surface area contributed by atoms with E-state index in [1.54, 1.807) is 14.2 Å². The molecule has 6 heteroatoms. The van der Waals surface area contributed by atoms with Crippen molar-refractivity contribution in [3.05, 3.63) is 59.7 Å². The minimum Gasteiger partial charge on any atom is -0.497 e. The Morgan fingerprint density at radius 2 is 1.62 bits per heavy atom. The number of aliphatic imine (C=N–C) groups is 1. The summed E-state index contributed by atoms with van der Waals surface area (Å²) in [5.41, 5.74) is 2.38. The van der Waals surface area contributed by atoms with E-state index in [0.717, 1.165) is 23.0 Å². The van der Waals surface area contributed by atoms with Crippen molar-refractivity contribution in [2.75, 3.05) is 20.7 Å². The fourth-order valence-electron chi connectivity index (χ4n) is 2.28. The molecule has 0 heterocycles. The van der Waals surface area contributed by atoms with E-state index in [2.05, 4.69) is 22.5 Å². The predicted molar refractivity (Wildman–Crippen MR) is 118 cm³/mol. The van der Waals surface area contributed by atoms with Crippen LogP contribution in [-0.2, 0) is 6.54 Å². The average molecular weight is 469 g/mol. The zero-order valence-corrected chi connectivity index (χ0v) is 18.1. The number of hydrogen-bond acceptors (Lipinski definition) is 3. The molecule has 2 aromatic rings. The molecule has 0 aliphatic carbocycles. The molecule has 0 fully saturated rings. The Labute approximate surface area is 173 Å². The number of nitrogens with zero attached hydrogens (tertiary/aromatic N) is 1. The third kappa shape index (κ3) is 7.51. The van der Waals surface area contributed by atoms with E-state index < -0.39 is 0 Å². The van der Waals surface area contributed by atoms with Crippen LogP contribution in [0.1, 0.15) is 18.1 Å². The van der Waals surface area contributed by atoms with Crippen LogP contribution in [0.25, 0.3) is 0 Å². The van der Waals surface area contributed by atoms with Gasteiger partial charge in [-0.25, -0.2) is 0 Å². The highest BCUT2D eigenvalue weighted by molar-refractivity contribution is 14.0. The van der Waals surface area contributed by atoms with Crippen LogP contribution in [0.15, 0.2) is 53.5 Å². The number of nitrogens with one attached hydrogen (secondary N) is 2. The number of halogens is 1. The average Bonchev–Trinajstić information content (AvgIpc) is 2.64. The number of ether oxygens (including phenoxy) is 2. The zero-order chi connectivity index (χ0) is 18.1. The highest BCUT2D eigenvalue weighted by Crippen LogP contribution is 2.13. The smallest absolute Gasteiger partial charge is 0.191 e. The third-order valence-corrected chi connectivity index (χ3v) is 3.76. The van der Waals surface area contributed by atoms with Crippen LogP contribution in [0.5, 0.6) is 11.5 Å². The molecule has 2 aromatic carbocycles. The summed E-state index contributed by atoms with van der Waals surface area (Å²) in [5.74, 6) is 2.48. The van der Waals surface area contributed by atoms with Gasteiger partial charge in [-0.05, 0) is 43.7 Å². The van der Waals surface area contributed by atoms with E-state index in [1.165, 1.54) is 5.56 Å². The number of aryl methyl sites for hydroxylation is 1. The molecule has 0 bridgehead atoms. The Bertz CT molecular complexity index is 672. The lowest BCUT2D eigenvalue weighted by Crippen LogP contribution is -2.41. The Kier molecular flexibility index (Phi) is 9.87. The normalized spacial score (nSPS) is 11.9. The molecule has 1 unspecified atom stereocenters. The summed E-state index contributed by atoms with van der Waals surface area (Å²) in [4.78, 5) is 4.24. The van der Waals surface area contributed by atoms with E-state index in [4.69, 9.17) is 9.47 Å². The maximum Gasteiger partial charge on any atom is 0.191 e. The second-order valence-corrected chi connectivity index (χ2v) is 5.90. The van der Waals surface area contributed by atoms with Gasteiger partial charge in [-0.2, -0.15) is 0 Å². The van der Waals surface area contributed by atoms with Crippen LogP contribution in [0.3, 0.4) is 0 Å². The highest BCUT2D eigenvalue weighted by atomic mass is 127. The van der Waals surface area contributed by atoms with Crippen LogP contribution in [0, 0.1) is 6.92 Å². The number of guanidine groups is 1. The molecule has 0 amide bonds. The van der Waals surface area contributed by atoms with Crippen molar-refractivity contribution < 1.29 is 9.47 Å². The first-order valence-electron chi connectivity index (χ1n) is 8.41. The van der Waals surface area contributed by atoms with E-state index in [0.29, 0.717) is 13.1 Å². The summed E-state index contributed by atoms with van der Waals surface area (Å²) in [6, 6.07) is 16.0. The Balaban J connectivity index is 0.00000338. The maximum absolute atomic E-state index is 5.89. The lowest BCUT2D eigenvalue weighted by molar-refractivity contribution is 0.224. The molecule has 142 valence electrons. The molecule has 0 saturated carbocycles. The molecule has 2 N–H and O–H groups in total. The van der Waals surface area contributed by atoms with Gasteiger partial charge >= 0.3 is 0 Å². The fraction of sp³-hybridized carbons (Fsp3) is 0.350. The van der Waals surface area contributed by atoms with Crippen molar-refractivity contribution >= 4 is 29.9 Å². The van der Waals surface area contributed by atoms with E-state index in [1.807, 2.05) is 55.5 Å². The topological polar surface area (TPSA) is 54.9 Å². The van der Waals surface area contributed by atoms with Gasteiger partial charge in [0.25, 0.3) is 0 Å². The van der Waals surface area contributed by atoms with Crippen molar-refractivity contribution in [3.8, 4) is 11.5 Å². The number of hydrogen-bond donors (Lipinski definition) is 2. The van der Waals surface area contributed by atoms with Crippen LogP contribution < -0.4 is 20.1 Å². The van der Waals surface area contributed by atoms with Gasteiger partial charge in [0.2, 0.25) is 0 Å². The van der Waals surface area contributed by atoms with Crippen molar-refractivity contribution in [1.82, 2.24) is 10.6 Å². The molecular weight excluding hydrogens is 441 g/mol. The lowest BCUT2D eigenvalue weighted by atomic mass is 10.2. The van der Waals surface area contributed by atoms with Gasteiger partial charge in [0, 0.05) is 13.6 Å². The van der Waals surface area contributed by atoms with E-state index in [-0.39, 0.29) is 30.1 Å². The van der Waals surface area contributed by atoms with Gasteiger partial charge in [-0.3, -0.25) is 4.99 Å². The highest BCUT2D eigenvalue weighted by Gasteiger charge is 2.06. The summed E-state index contributed by atoms with van der Waals surface area (Å²) in [7, 11) is 3.42. The van der Waals surface area contributed by atoms with Gasteiger partial charge in [0.1, 0.15) is 17.6 Å². The molecule has 0 radical (unpaired) electrons. The summed E-state index contributed by atoms with van der Waals surface area (Å²) in [5, 5.41) is 6.58. The summed E-state index contributed by atoms with van der Waals surface area (Å²) in [6.45, 7) is 5.45. The first-order chi connectivity index (χ1) is 12.1. The third-order valence-electron chi connectivity index (χ3n) is 3.76. The van der Waals surface area contributed by atoms with Gasteiger partial charge in [0.15, 0.2) is 5.96 Å². The van der Waals surface area contributed by atoms with Crippen LogP contribution in [0.2, 0.25) is 0 Å². The lowest BCUT2D eigenvalue weighted by Gasteiger charge is -2.18. The standard InChI is InChI=1S/C20H27N3O2.HI/c1-15-5-9-19(10-6-15)25-16(2)13-22-20(21-3)23-14-17-7-11-18(24-4)12-8-17;/h5-12,16H,13-14H2,1-4H3,(H2,21,22,23);1H. The summed E-state index contributed by atoms with van der Waals surface area (Å²) in [6.07, 6.45) is 0.0299. The SMILES string of the molecule is CN=C(NCc1ccc(OC)cc1)NCC(C)Oc1ccc(C)cc1.I. The number of methoxy groups -OCH3 is 1. The van der Waals surface area contributed by atoms with Crippen molar-refractivity contribution in [3.63, 3.8) is 0 Å². The largest absolute Gasteiger partial charge is 0.497 e. The monoisotopic (exact) mass is 469 g/mol. The van der Waals surface area contributed by atoms with Crippen molar-refractivity contribution in [2.24, 2.45) is 4.99 Å². The summed E-state index contributed by atoms with van der Waals surface area (Å²) >= 11 is 0. The second-order valence-electron chi connectivity index (χ2n) is 5.90. The molecule has 1 atom stereocenters. The number of rotatable bonds is 7. The van der Waals surface area contributed by atoms with Gasteiger partial charge in [-0.15, -0.1) is 24.0 Å². The number of benzene rings is 2. The van der Waals surface area contributed by atoms with Gasteiger partial charge < -0.3 is 20.1 Å². The molecular formula is C20H28IN3O2. The second kappa shape index (κ2) is 11.6. The molecule has 0 aromatic heterocycles. The van der Waals surface area contributed by atoms with Crippen LogP contribution in [0.4, 0.5) is 0 Å².